The van der Waals surface area contributed by atoms with Crippen molar-refractivity contribution in [1.29, 1.82) is 0 Å². The van der Waals surface area contributed by atoms with Gasteiger partial charge in [0, 0.05) is 13.1 Å². The number of hydrogen-bond acceptors (Lipinski definition) is 3. The van der Waals surface area contributed by atoms with Gasteiger partial charge in [-0.3, -0.25) is 4.79 Å². The quantitative estimate of drug-likeness (QED) is 0.319. The first-order valence-corrected chi connectivity index (χ1v) is 17.0. The van der Waals surface area contributed by atoms with E-state index in [1.807, 2.05) is 0 Å². The van der Waals surface area contributed by atoms with Crippen LogP contribution in [0.5, 0.6) is 0 Å². The molecular formula is C35H60N2O2. The van der Waals surface area contributed by atoms with Crippen LogP contribution in [-0.4, -0.2) is 36.8 Å². The van der Waals surface area contributed by atoms with E-state index in [1.54, 1.807) is 0 Å². The summed E-state index contributed by atoms with van der Waals surface area (Å²) in [5.41, 5.74) is 1.28. The molecule has 0 aliphatic heterocycles. The van der Waals surface area contributed by atoms with Crippen molar-refractivity contribution >= 4 is 5.91 Å². The van der Waals surface area contributed by atoms with Gasteiger partial charge in [0.1, 0.15) is 0 Å². The molecule has 4 nitrogen and oxygen atoms in total. The maximum Gasteiger partial charge on any atom is 0.226 e. The van der Waals surface area contributed by atoms with Crippen molar-refractivity contribution in [2.24, 2.45) is 62.1 Å². The van der Waals surface area contributed by atoms with Gasteiger partial charge >= 0.3 is 0 Å². The van der Waals surface area contributed by atoms with Crippen LogP contribution < -0.4 is 10.6 Å². The zero-order chi connectivity index (χ0) is 28.1. The number of fused-ring (bicyclic) bond motifs is 7. The van der Waals surface area contributed by atoms with Crippen molar-refractivity contribution < 1.29 is 9.90 Å². The fraction of sp³-hybridized carbons (Fsp3) is 0.971. The van der Waals surface area contributed by atoms with E-state index in [0.717, 1.165) is 50.7 Å². The molecule has 0 aromatic rings. The molecule has 39 heavy (non-hydrogen) atoms. The predicted molar refractivity (Wildman–Crippen MR) is 159 cm³/mol. The van der Waals surface area contributed by atoms with Gasteiger partial charge in [0.15, 0.2) is 0 Å². The number of rotatable bonds is 6. The average Bonchev–Trinajstić information content (AvgIpc) is 3.50. The Balaban J connectivity index is 1.34. The Labute approximate surface area is 239 Å². The van der Waals surface area contributed by atoms with E-state index in [2.05, 4.69) is 59.1 Å². The molecule has 0 radical (unpaired) electrons. The van der Waals surface area contributed by atoms with E-state index in [9.17, 15) is 9.90 Å². The molecule has 222 valence electrons. The van der Waals surface area contributed by atoms with Gasteiger partial charge in [-0.15, -0.1) is 0 Å². The third-order valence-corrected chi connectivity index (χ3v) is 15.6. The number of nitrogens with one attached hydrogen (secondary N) is 2. The minimum atomic E-state index is -0.160. The predicted octanol–water partition coefficient (Wildman–Crippen LogP) is 6.95. The molecule has 0 bridgehead atoms. The second-order valence-corrected chi connectivity index (χ2v) is 17.1. The molecule has 0 aromatic carbocycles. The fourth-order valence-corrected chi connectivity index (χ4v) is 12.9. The first kappa shape index (κ1) is 28.5. The van der Waals surface area contributed by atoms with Gasteiger partial charge in [0.25, 0.3) is 0 Å². The van der Waals surface area contributed by atoms with Gasteiger partial charge in [0.05, 0.1) is 11.5 Å². The SMILES string of the molecule is CCNCCNC(=O)[C@]12CC[C@@H](C3(C)CC3)[C@@H]1[C@H]1CC[C@@H]3[C@@]4(C)CC[C@H](O)C(C)(C)[C@@H]4CC[C@@]3(C)[C@]1(C)CC2. The molecule has 3 N–H and O–H groups in total. The van der Waals surface area contributed by atoms with Gasteiger partial charge in [-0.2, -0.15) is 0 Å². The summed E-state index contributed by atoms with van der Waals surface area (Å²) in [5.74, 6) is 3.68. The topological polar surface area (TPSA) is 61.4 Å². The monoisotopic (exact) mass is 540 g/mol. The van der Waals surface area contributed by atoms with Gasteiger partial charge < -0.3 is 15.7 Å². The smallest absolute Gasteiger partial charge is 0.226 e. The van der Waals surface area contributed by atoms with E-state index in [1.165, 1.54) is 57.8 Å². The molecule has 0 aromatic heterocycles. The lowest BCUT2D eigenvalue weighted by atomic mass is 9.32. The number of likely N-dealkylation sites (N-methyl/N-ethyl adjacent to an activating group) is 1. The first-order chi connectivity index (χ1) is 18.3. The lowest BCUT2D eigenvalue weighted by Crippen LogP contribution is -2.67. The molecule has 6 aliphatic carbocycles. The largest absolute Gasteiger partial charge is 0.393 e. The number of amides is 1. The molecule has 6 fully saturated rings. The van der Waals surface area contributed by atoms with Crippen LogP contribution in [0.3, 0.4) is 0 Å². The third-order valence-electron chi connectivity index (χ3n) is 15.6. The lowest BCUT2D eigenvalue weighted by Gasteiger charge is -2.73. The van der Waals surface area contributed by atoms with Gasteiger partial charge in [0.2, 0.25) is 5.91 Å². The van der Waals surface area contributed by atoms with Crippen LogP contribution in [0.4, 0.5) is 0 Å². The lowest BCUT2D eigenvalue weighted by molar-refractivity contribution is -0.248. The van der Waals surface area contributed by atoms with Crippen molar-refractivity contribution in [3.8, 4) is 0 Å². The van der Waals surface area contributed by atoms with E-state index < -0.39 is 0 Å². The van der Waals surface area contributed by atoms with Crippen LogP contribution >= 0.6 is 0 Å². The summed E-state index contributed by atoms with van der Waals surface area (Å²) >= 11 is 0. The fourth-order valence-electron chi connectivity index (χ4n) is 12.9. The zero-order valence-corrected chi connectivity index (χ0v) is 26.4. The van der Waals surface area contributed by atoms with Crippen LogP contribution in [0, 0.1) is 62.1 Å². The number of carbonyl (C=O) groups excluding carboxylic acids is 1. The molecule has 0 unspecified atom stereocenters. The van der Waals surface area contributed by atoms with Crippen LogP contribution in [0.15, 0.2) is 0 Å². The first-order valence-electron chi connectivity index (χ1n) is 17.0. The second kappa shape index (κ2) is 9.19. The van der Waals surface area contributed by atoms with Crippen LogP contribution in [0.1, 0.15) is 126 Å². The summed E-state index contributed by atoms with van der Waals surface area (Å²) in [7, 11) is 0. The molecule has 0 saturated heterocycles. The minimum Gasteiger partial charge on any atom is -0.393 e. The van der Waals surface area contributed by atoms with Crippen molar-refractivity contribution in [2.75, 3.05) is 19.6 Å². The van der Waals surface area contributed by atoms with E-state index >= 15 is 0 Å². The molecule has 4 heteroatoms. The summed E-state index contributed by atoms with van der Waals surface area (Å²) in [6.07, 6.45) is 14.6. The summed E-state index contributed by atoms with van der Waals surface area (Å²) in [6.45, 7) is 20.0. The molecule has 0 heterocycles. The second-order valence-electron chi connectivity index (χ2n) is 17.1. The molecule has 1 amide bonds. The number of carbonyl (C=O) groups is 1. The van der Waals surface area contributed by atoms with E-state index in [4.69, 9.17) is 0 Å². The Bertz CT molecular complexity index is 974. The molecule has 6 saturated carbocycles. The Hall–Kier alpha value is -0.610. The molecule has 10 atom stereocenters. The number of hydrogen-bond donors (Lipinski definition) is 3. The number of aliphatic hydroxyl groups is 1. The van der Waals surface area contributed by atoms with Crippen molar-refractivity contribution in [1.82, 2.24) is 10.6 Å². The number of aliphatic hydroxyl groups excluding tert-OH is 1. The molecule has 6 rings (SSSR count). The minimum absolute atomic E-state index is 0.00956. The molecule has 0 spiro atoms. The Morgan fingerprint density at radius 2 is 1.49 bits per heavy atom. The van der Waals surface area contributed by atoms with Crippen molar-refractivity contribution in [3.63, 3.8) is 0 Å². The highest BCUT2D eigenvalue weighted by molar-refractivity contribution is 5.83. The highest BCUT2D eigenvalue weighted by Gasteiger charge is 2.73. The van der Waals surface area contributed by atoms with Gasteiger partial charge in [-0.25, -0.2) is 0 Å². The maximum atomic E-state index is 14.2. The standard InChI is InChI=1S/C35H60N2O2/c1-8-36-21-22-37-29(39)35-16-11-23(31(4)17-18-31)28(35)24-9-10-26-32(5)14-13-27(38)30(2,3)25(32)12-15-34(26,7)33(24,6)19-20-35/h23-28,36,38H,8-22H2,1-7H3,(H,37,39)/t23-,24-,25+,26-,27+,28-,32+,33-,34-,35+/m1/s1. The third kappa shape index (κ3) is 3.77. The van der Waals surface area contributed by atoms with Crippen LogP contribution in [-0.2, 0) is 4.79 Å². The van der Waals surface area contributed by atoms with Gasteiger partial charge in [-0.1, -0.05) is 48.5 Å². The van der Waals surface area contributed by atoms with Crippen molar-refractivity contribution in [2.45, 2.75) is 132 Å². The van der Waals surface area contributed by atoms with E-state index in [0.29, 0.717) is 45.3 Å². The van der Waals surface area contributed by atoms with Crippen LogP contribution in [0.2, 0.25) is 0 Å². The Morgan fingerprint density at radius 1 is 0.744 bits per heavy atom. The summed E-state index contributed by atoms with van der Waals surface area (Å²) in [4.78, 5) is 14.2. The summed E-state index contributed by atoms with van der Waals surface area (Å²) in [5, 5.41) is 17.9. The highest BCUT2D eigenvalue weighted by Crippen LogP contribution is 2.79. The summed E-state index contributed by atoms with van der Waals surface area (Å²) < 4.78 is 0. The Kier molecular flexibility index (Phi) is 6.72. The normalized spacial score (nSPS) is 51.2. The maximum absolute atomic E-state index is 14.2. The van der Waals surface area contributed by atoms with E-state index in [-0.39, 0.29) is 16.9 Å². The highest BCUT2D eigenvalue weighted by atomic mass is 16.3. The Morgan fingerprint density at radius 3 is 2.18 bits per heavy atom. The van der Waals surface area contributed by atoms with Crippen molar-refractivity contribution in [3.05, 3.63) is 0 Å². The average molecular weight is 541 g/mol. The van der Waals surface area contributed by atoms with Gasteiger partial charge in [-0.05, 0) is 140 Å². The van der Waals surface area contributed by atoms with Crippen LogP contribution in [0.25, 0.3) is 0 Å². The molecular weight excluding hydrogens is 480 g/mol. The zero-order valence-electron chi connectivity index (χ0n) is 26.4. The molecule has 6 aliphatic rings. The summed E-state index contributed by atoms with van der Waals surface area (Å²) in [6, 6.07) is 0.